The molecule has 0 aliphatic carbocycles. The minimum Gasteiger partial charge on any atom is -0.309 e. The van der Waals surface area contributed by atoms with Crippen molar-refractivity contribution >= 4 is 0 Å². The first kappa shape index (κ1) is 13.8. The third-order valence-corrected chi connectivity index (χ3v) is 2.98. The van der Waals surface area contributed by atoms with Crippen LogP contribution in [0.3, 0.4) is 0 Å². The lowest BCUT2D eigenvalue weighted by Crippen LogP contribution is -2.19. The highest BCUT2D eigenvalue weighted by atomic mass is 14.9. The van der Waals surface area contributed by atoms with Crippen molar-refractivity contribution in [3.8, 4) is 11.8 Å². The summed E-state index contributed by atoms with van der Waals surface area (Å²) in [6.07, 6.45) is 0.922. The van der Waals surface area contributed by atoms with E-state index in [4.69, 9.17) is 0 Å². The van der Waals surface area contributed by atoms with Crippen LogP contribution in [0.4, 0.5) is 0 Å². The van der Waals surface area contributed by atoms with Gasteiger partial charge in [0.1, 0.15) is 0 Å². The number of rotatable bonds is 5. The van der Waals surface area contributed by atoms with Crippen LogP contribution in [0.1, 0.15) is 57.2 Å². The Balaban J connectivity index is 2.50. The van der Waals surface area contributed by atoms with Gasteiger partial charge in [-0.1, -0.05) is 38.1 Å². The fourth-order valence-corrected chi connectivity index (χ4v) is 1.76. The second-order valence-corrected chi connectivity index (χ2v) is 4.67. The quantitative estimate of drug-likeness (QED) is 0.597. The Hall–Kier alpha value is -1.26. The Kier molecular flexibility index (Phi) is 5.80. The second-order valence-electron chi connectivity index (χ2n) is 4.67. The monoisotopic (exact) mass is 229 g/mol. The standard InChI is InChI=1S/C16H23N/c1-5-6-7-12-17-14(4)16-10-8-15(9-11-16)13(2)3/h8-11,13-14,17H,7,12H2,1-4H3. The SMILES string of the molecule is CC#CCCNC(C)c1ccc(C(C)C)cc1. The second kappa shape index (κ2) is 7.14. The summed E-state index contributed by atoms with van der Waals surface area (Å²) in [5.41, 5.74) is 2.75. The van der Waals surface area contributed by atoms with E-state index in [1.54, 1.807) is 0 Å². The Morgan fingerprint density at radius 3 is 2.18 bits per heavy atom. The summed E-state index contributed by atoms with van der Waals surface area (Å²) in [6.45, 7) is 9.48. The van der Waals surface area contributed by atoms with Crippen molar-refractivity contribution in [1.82, 2.24) is 5.32 Å². The molecule has 0 saturated heterocycles. The summed E-state index contributed by atoms with van der Waals surface area (Å²) in [4.78, 5) is 0. The van der Waals surface area contributed by atoms with Crippen molar-refractivity contribution in [2.45, 2.75) is 46.1 Å². The van der Waals surface area contributed by atoms with Crippen LogP contribution in [-0.4, -0.2) is 6.54 Å². The third kappa shape index (κ3) is 4.63. The van der Waals surface area contributed by atoms with E-state index in [2.05, 4.69) is 62.2 Å². The molecule has 0 amide bonds. The molecular formula is C16H23N. The highest BCUT2D eigenvalue weighted by Crippen LogP contribution is 2.18. The highest BCUT2D eigenvalue weighted by Gasteiger charge is 2.04. The topological polar surface area (TPSA) is 12.0 Å². The molecule has 1 heteroatoms. The molecular weight excluding hydrogens is 206 g/mol. The molecule has 0 heterocycles. The Bertz CT molecular complexity index is 378. The largest absolute Gasteiger partial charge is 0.309 e. The molecule has 0 aliphatic heterocycles. The van der Waals surface area contributed by atoms with Gasteiger partial charge in [-0.2, -0.15) is 0 Å². The van der Waals surface area contributed by atoms with Crippen LogP contribution < -0.4 is 5.32 Å². The molecule has 17 heavy (non-hydrogen) atoms. The molecule has 1 nitrogen and oxygen atoms in total. The summed E-state index contributed by atoms with van der Waals surface area (Å²) < 4.78 is 0. The minimum absolute atomic E-state index is 0.398. The molecule has 1 aromatic rings. The van der Waals surface area contributed by atoms with Gasteiger partial charge >= 0.3 is 0 Å². The Labute approximate surface area is 106 Å². The first-order valence-corrected chi connectivity index (χ1v) is 6.38. The van der Waals surface area contributed by atoms with E-state index in [9.17, 15) is 0 Å². The zero-order valence-corrected chi connectivity index (χ0v) is 11.4. The van der Waals surface area contributed by atoms with E-state index in [-0.39, 0.29) is 0 Å². The molecule has 1 rings (SSSR count). The van der Waals surface area contributed by atoms with E-state index in [1.807, 2.05) is 6.92 Å². The van der Waals surface area contributed by atoms with Crippen molar-refractivity contribution in [3.05, 3.63) is 35.4 Å². The summed E-state index contributed by atoms with van der Waals surface area (Å²) >= 11 is 0. The van der Waals surface area contributed by atoms with Gasteiger partial charge in [0.15, 0.2) is 0 Å². The summed E-state index contributed by atoms with van der Waals surface area (Å²) in [7, 11) is 0. The van der Waals surface area contributed by atoms with Crippen molar-refractivity contribution in [2.75, 3.05) is 6.54 Å². The van der Waals surface area contributed by atoms with E-state index in [0.29, 0.717) is 12.0 Å². The number of hydrogen-bond donors (Lipinski definition) is 1. The summed E-state index contributed by atoms with van der Waals surface area (Å²) in [5, 5.41) is 3.48. The number of benzene rings is 1. The van der Waals surface area contributed by atoms with Crippen LogP contribution in [0.25, 0.3) is 0 Å². The first-order chi connectivity index (χ1) is 8.15. The van der Waals surface area contributed by atoms with Crippen LogP contribution in [0.5, 0.6) is 0 Å². The maximum atomic E-state index is 3.48. The molecule has 1 atom stereocenters. The van der Waals surface area contributed by atoms with Gasteiger partial charge in [-0.05, 0) is 30.9 Å². The fourth-order valence-electron chi connectivity index (χ4n) is 1.76. The van der Waals surface area contributed by atoms with Gasteiger partial charge < -0.3 is 5.32 Å². The number of nitrogens with one attached hydrogen (secondary N) is 1. The van der Waals surface area contributed by atoms with Crippen molar-refractivity contribution in [3.63, 3.8) is 0 Å². The van der Waals surface area contributed by atoms with Crippen LogP contribution in [0, 0.1) is 11.8 Å². The van der Waals surface area contributed by atoms with Crippen LogP contribution >= 0.6 is 0 Å². The molecule has 0 radical (unpaired) electrons. The molecule has 0 fully saturated rings. The summed E-state index contributed by atoms with van der Waals surface area (Å²) in [6, 6.07) is 9.29. The molecule has 0 spiro atoms. The van der Waals surface area contributed by atoms with Crippen molar-refractivity contribution in [1.29, 1.82) is 0 Å². The molecule has 1 aromatic carbocycles. The van der Waals surface area contributed by atoms with Crippen molar-refractivity contribution in [2.24, 2.45) is 0 Å². The van der Waals surface area contributed by atoms with Gasteiger partial charge in [-0.15, -0.1) is 11.8 Å². The van der Waals surface area contributed by atoms with E-state index >= 15 is 0 Å². The molecule has 0 saturated carbocycles. The number of hydrogen-bond acceptors (Lipinski definition) is 1. The smallest absolute Gasteiger partial charge is 0.0292 e. The Morgan fingerprint density at radius 2 is 1.65 bits per heavy atom. The molecule has 0 bridgehead atoms. The predicted molar refractivity (Wildman–Crippen MR) is 75.0 cm³/mol. The van der Waals surface area contributed by atoms with E-state index in [1.165, 1.54) is 11.1 Å². The zero-order chi connectivity index (χ0) is 12.7. The van der Waals surface area contributed by atoms with E-state index in [0.717, 1.165) is 13.0 Å². The lowest BCUT2D eigenvalue weighted by molar-refractivity contribution is 0.584. The molecule has 1 unspecified atom stereocenters. The van der Waals surface area contributed by atoms with Crippen LogP contribution in [0.2, 0.25) is 0 Å². The third-order valence-electron chi connectivity index (χ3n) is 2.98. The van der Waals surface area contributed by atoms with Gasteiger partial charge in [0.2, 0.25) is 0 Å². The molecule has 0 aliphatic rings. The normalized spacial score (nSPS) is 12.1. The van der Waals surface area contributed by atoms with E-state index < -0.39 is 0 Å². The Morgan fingerprint density at radius 1 is 1.06 bits per heavy atom. The molecule has 92 valence electrons. The molecule has 0 aromatic heterocycles. The highest BCUT2D eigenvalue weighted by molar-refractivity contribution is 5.26. The average molecular weight is 229 g/mol. The van der Waals surface area contributed by atoms with Crippen LogP contribution in [0.15, 0.2) is 24.3 Å². The fraction of sp³-hybridized carbons (Fsp3) is 0.500. The van der Waals surface area contributed by atoms with Crippen LogP contribution in [-0.2, 0) is 0 Å². The molecule has 1 N–H and O–H groups in total. The van der Waals surface area contributed by atoms with Gasteiger partial charge in [0.05, 0.1) is 0 Å². The van der Waals surface area contributed by atoms with Gasteiger partial charge in [0, 0.05) is 19.0 Å². The predicted octanol–water partition coefficient (Wildman–Crippen LogP) is 3.87. The zero-order valence-electron chi connectivity index (χ0n) is 11.4. The average Bonchev–Trinajstić information content (AvgIpc) is 2.34. The maximum Gasteiger partial charge on any atom is 0.0292 e. The minimum atomic E-state index is 0.398. The van der Waals surface area contributed by atoms with Gasteiger partial charge in [0.25, 0.3) is 0 Å². The maximum absolute atomic E-state index is 3.48. The lowest BCUT2D eigenvalue weighted by atomic mass is 9.99. The lowest BCUT2D eigenvalue weighted by Gasteiger charge is -2.14. The van der Waals surface area contributed by atoms with Crippen molar-refractivity contribution < 1.29 is 0 Å². The van der Waals surface area contributed by atoms with Gasteiger partial charge in [-0.3, -0.25) is 0 Å². The van der Waals surface area contributed by atoms with Gasteiger partial charge in [-0.25, -0.2) is 0 Å². The first-order valence-electron chi connectivity index (χ1n) is 6.38. The summed E-state index contributed by atoms with van der Waals surface area (Å²) in [5.74, 6) is 6.58.